The van der Waals surface area contributed by atoms with Crippen LogP contribution < -0.4 is 0 Å². The normalized spacial score (nSPS) is 26.0. The monoisotopic (exact) mass is 171 g/mol. The van der Waals surface area contributed by atoms with Gasteiger partial charge >= 0.3 is 5.97 Å². The summed E-state index contributed by atoms with van der Waals surface area (Å²) in [6.07, 6.45) is 0.379. The lowest BCUT2D eigenvalue weighted by atomic mass is 9.93. The van der Waals surface area contributed by atoms with Gasteiger partial charge in [-0.05, 0) is 5.92 Å². The van der Waals surface area contributed by atoms with Crippen molar-refractivity contribution in [2.24, 2.45) is 11.8 Å². The molecule has 4 nitrogen and oxygen atoms in total. The first kappa shape index (κ1) is 9.03. The van der Waals surface area contributed by atoms with E-state index in [0.717, 1.165) is 0 Å². The Bertz CT molecular complexity index is 214. The minimum absolute atomic E-state index is 0.0139. The Hall–Kier alpha value is -1.06. The molecule has 2 unspecified atom stereocenters. The maximum Gasteiger partial charge on any atom is 0.306 e. The predicted molar refractivity (Wildman–Crippen MR) is 42.5 cm³/mol. The molecule has 68 valence electrons. The highest BCUT2D eigenvalue weighted by Crippen LogP contribution is 2.23. The van der Waals surface area contributed by atoms with E-state index < -0.39 is 11.9 Å². The molecule has 0 aromatic rings. The summed E-state index contributed by atoms with van der Waals surface area (Å²) in [7, 11) is 1.71. The first-order chi connectivity index (χ1) is 5.52. The van der Waals surface area contributed by atoms with Crippen molar-refractivity contribution in [2.45, 2.75) is 13.3 Å². The van der Waals surface area contributed by atoms with E-state index in [2.05, 4.69) is 0 Å². The standard InChI is InChI=1S/C8H13NO3/c1-5(8(11)12)6-3-7(10)9(2)4-6/h5-6H,3-4H2,1-2H3,(H,11,12). The van der Waals surface area contributed by atoms with Crippen molar-refractivity contribution < 1.29 is 14.7 Å². The summed E-state index contributed by atoms with van der Waals surface area (Å²) < 4.78 is 0. The van der Waals surface area contributed by atoms with Gasteiger partial charge in [-0.15, -0.1) is 0 Å². The maximum absolute atomic E-state index is 11.0. The van der Waals surface area contributed by atoms with Gasteiger partial charge in [-0.25, -0.2) is 0 Å². The zero-order chi connectivity index (χ0) is 9.30. The molecule has 0 aromatic heterocycles. The van der Waals surface area contributed by atoms with Gasteiger partial charge in [-0.3, -0.25) is 9.59 Å². The van der Waals surface area contributed by atoms with E-state index in [9.17, 15) is 9.59 Å². The number of likely N-dealkylation sites (tertiary alicyclic amines) is 1. The Morgan fingerprint density at radius 2 is 2.33 bits per heavy atom. The van der Waals surface area contributed by atoms with Crippen LogP contribution >= 0.6 is 0 Å². The summed E-state index contributed by atoms with van der Waals surface area (Å²) in [6.45, 7) is 2.23. The second-order valence-corrected chi connectivity index (χ2v) is 3.37. The summed E-state index contributed by atoms with van der Waals surface area (Å²) in [5.74, 6) is -1.20. The molecule has 0 radical (unpaired) electrons. The molecule has 1 heterocycles. The minimum atomic E-state index is -0.817. The van der Waals surface area contributed by atoms with Gasteiger partial charge in [-0.1, -0.05) is 6.92 Å². The molecule has 1 amide bonds. The largest absolute Gasteiger partial charge is 0.481 e. The minimum Gasteiger partial charge on any atom is -0.481 e. The van der Waals surface area contributed by atoms with Crippen LogP contribution in [0.1, 0.15) is 13.3 Å². The van der Waals surface area contributed by atoms with E-state index >= 15 is 0 Å². The van der Waals surface area contributed by atoms with Crippen molar-refractivity contribution >= 4 is 11.9 Å². The average Bonchev–Trinajstić information content (AvgIpc) is 2.30. The summed E-state index contributed by atoms with van der Waals surface area (Å²) in [5.41, 5.74) is 0. The van der Waals surface area contributed by atoms with E-state index in [1.165, 1.54) is 0 Å². The molecule has 2 atom stereocenters. The van der Waals surface area contributed by atoms with Crippen molar-refractivity contribution in [3.8, 4) is 0 Å². The second-order valence-electron chi connectivity index (χ2n) is 3.37. The topological polar surface area (TPSA) is 57.6 Å². The van der Waals surface area contributed by atoms with E-state index in [1.807, 2.05) is 0 Å². The molecular formula is C8H13NO3. The van der Waals surface area contributed by atoms with Crippen LogP contribution in [0.3, 0.4) is 0 Å². The number of aliphatic carboxylic acids is 1. The number of carbonyl (C=O) groups excluding carboxylic acids is 1. The lowest BCUT2D eigenvalue weighted by Gasteiger charge is -2.13. The first-order valence-electron chi connectivity index (χ1n) is 3.99. The number of rotatable bonds is 2. The molecule has 0 aromatic carbocycles. The summed E-state index contributed by atoms with van der Waals surface area (Å²) in [4.78, 5) is 23.2. The Labute approximate surface area is 71.2 Å². The van der Waals surface area contributed by atoms with E-state index in [0.29, 0.717) is 13.0 Å². The molecule has 0 bridgehead atoms. The first-order valence-corrected chi connectivity index (χ1v) is 3.99. The molecule has 1 saturated heterocycles. The number of nitrogens with zero attached hydrogens (tertiary/aromatic N) is 1. The summed E-state index contributed by atoms with van der Waals surface area (Å²) >= 11 is 0. The summed E-state index contributed by atoms with van der Waals surface area (Å²) in [5, 5.41) is 8.69. The zero-order valence-corrected chi connectivity index (χ0v) is 7.28. The van der Waals surface area contributed by atoms with Crippen molar-refractivity contribution in [3.05, 3.63) is 0 Å². The van der Waals surface area contributed by atoms with Crippen LogP contribution in [0.4, 0.5) is 0 Å². The highest BCUT2D eigenvalue weighted by Gasteiger charge is 2.33. The quantitative estimate of drug-likeness (QED) is 0.645. The third kappa shape index (κ3) is 1.57. The highest BCUT2D eigenvalue weighted by atomic mass is 16.4. The number of carboxylic acid groups (broad SMARTS) is 1. The fraction of sp³-hybridized carbons (Fsp3) is 0.750. The molecule has 1 aliphatic rings. The smallest absolute Gasteiger partial charge is 0.306 e. The van der Waals surface area contributed by atoms with Crippen LogP contribution in [-0.4, -0.2) is 35.5 Å². The average molecular weight is 171 g/mol. The van der Waals surface area contributed by atoms with Gasteiger partial charge in [-0.2, -0.15) is 0 Å². The lowest BCUT2D eigenvalue weighted by molar-refractivity contribution is -0.142. The second kappa shape index (κ2) is 3.13. The van der Waals surface area contributed by atoms with Gasteiger partial charge in [0.15, 0.2) is 0 Å². The van der Waals surface area contributed by atoms with Crippen molar-refractivity contribution in [2.75, 3.05) is 13.6 Å². The Morgan fingerprint density at radius 3 is 2.67 bits per heavy atom. The summed E-state index contributed by atoms with van der Waals surface area (Å²) in [6, 6.07) is 0. The van der Waals surface area contributed by atoms with Crippen LogP contribution in [0.5, 0.6) is 0 Å². The van der Waals surface area contributed by atoms with Gasteiger partial charge in [0.25, 0.3) is 0 Å². The number of carboxylic acids is 1. The van der Waals surface area contributed by atoms with Gasteiger partial charge in [0.05, 0.1) is 5.92 Å². The molecule has 0 saturated carbocycles. The predicted octanol–water partition coefficient (Wildman–Crippen LogP) is 0.185. The van der Waals surface area contributed by atoms with Gasteiger partial charge < -0.3 is 10.0 Å². The van der Waals surface area contributed by atoms with Gasteiger partial charge in [0, 0.05) is 20.0 Å². The molecule has 1 N–H and O–H groups in total. The molecule has 1 fully saturated rings. The van der Waals surface area contributed by atoms with E-state index in [4.69, 9.17) is 5.11 Å². The molecule has 0 spiro atoms. The number of hydrogen-bond donors (Lipinski definition) is 1. The molecule has 1 rings (SSSR count). The number of amides is 1. The van der Waals surface area contributed by atoms with Crippen LogP contribution in [-0.2, 0) is 9.59 Å². The Balaban J connectivity index is 2.57. The van der Waals surface area contributed by atoms with Gasteiger partial charge in [0.2, 0.25) is 5.91 Å². The molecular weight excluding hydrogens is 158 g/mol. The third-order valence-electron chi connectivity index (χ3n) is 2.47. The molecule has 4 heteroatoms. The van der Waals surface area contributed by atoms with Crippen LogP contribution in [0.2, 0.25) is 0 Å². The molecule has 0 aliphatic carbocycles. The Kier molecular flexibility index (Phi) is 2.35. The SMILES string of the molecule is CC(C(=O)O)C1CC(=O)N(C)C1. The highest BCUT2D eigenvalue weighted by molar-refractivity contribution is 5.80. The Morgan fingerprint density at radius 1 is 1.75 bits per heavy atom. The van der Waals surface area contributed by atoms with Crippen LogP contribution in [0, 0.1) is 11.8 Å². The van der Waals surface area contributed by atoms with Crippen molar-refractivity contribution in [1.82, 2.24) is 4.90 Å². The van der Waals surface area contributed by atoms with Gasteiger partial charge in [0.1, 0.15) is 0 Å². The molecule has 12 heavy (non-hydrogen) atoms. The van der Waals surface area contributed by atoms with E-state index in [1.54, 1.807) is 18.9 Å². The van der Waals surface area contributed by atoms with Crippen LogP contribution in [0.25, 0.3) is 0 Å². The fourth-order valence-electron chi connectivity index (χ4n) is 1.43. The van der Waals surface area contributed by atoms with E-state index in [-0.39, 0.29) is 11.8 Å². The molecule has 1 aliphatic heterocycles. The fourth-order valence-corrected chi connectivity index (χ4v) is 1.43. The third-order valence-corrected chi connectivity index (χ3v) is 2.47. The number of hydrogen-bond acceptors (Lipinski definition) is 2. The van der Waals surface area contributed by atoms with Crippen molar-refractivity contribution in [3.63, 3.8) is 0 Å². The lowest BCUT2D eigenvalue weighted by Crippen LogP contribution is -2.24. The van der Waals surface area contributed by atoms with Crippen LogP contribution in [0.15, 0.2) is 0 Å². The number of carbonyl (C=O) groups is 2. The van der Waals surface area contributed by atoms with Crippen molar-refractivity contribution in [1.29, 1.82) is 0 Å². The zero-order valence-electron chi connectivity index (χ0n) is 7.28. The maximum atomic E-state index is 11.0.